The molecule has 2 aliphatic heterocycles. The molecule has 3 nitrogen and oxygen atoms in total. The highest BCUT2D eigenvalue weighted by Gasteiger charge is 2.26. The van der Waals surface area contributed by atoms with Crippen molar-refractivity contribution in [3.8, 4) is 0 Å². The van der Waals surface area contributed by atoms with Crippen molar-refractivity contribution in [3.05, 3.63) is 22.7 Å². The van der Waals surface area contributed by atoms with E-state index in [9.17, 15) is 0 Å². The number of halogens is 1. The SMILES string of the molecule is Brc1cccc2c1N1CCNCC1CC=N2. The number of aliphatic imine (C=N–C) groups is 1. The third-order valence-electron chi connectivity index (χ3n) is 3.21. The van der Waals surface area contributed by atoms with Gasteiger partial charge in [-0.25, -0.2) is 0 Å². The zero-order valence-corrected chi connectivity index (χ0v) is 10.6. The maximum atomic E-state index is 4.55. The molecular formula is C12H14BrN3. The third-order valence-corrected chi connectivity index (χ3v) is 3.85. The van der Waals surface area contributed by atoms with Gasteiger partial charge in [-0.05, 0) is 28.1 Å². The van der Waals surface area contributed by atoms with E-state index in [0.717, 1.165) is 36.2 Å². The summed E-state index contributed by atoms with van der Waals surface area (Å²) in [6.45, 7) is 3.16. The lowest BCUT2D eigenvalue weighted by Gasteiger charge is -2.37. The van der Waals surface area contributed by atoms with E-state index >= 15 is 0 Å². The van der Waals surface area contributed by atoms with E-state index in [1.54, 1.807) is 0 Å². The van der Waals surface area contributed by atoms with Gasteiger partial charge in [0.25, 0.3) is 0 Å². The van der Waals surface area contributed by atoms with Gasteiger partial charge in [-0.3, -0.25) is 4.99 Å². The number of benzene rings is 1. The van der Waals surface area contributed by atoms with Crippen molar-refractivity contribution in [2.75, 3.05) is 24.5 Å². The molecule has 0 amide bonds. The number of para-hydroxylation sites is 1. The zero-order chi connectivity index (χ0) is 11.0. The monoisotopic (exact) mass is 279 g/mol. The number of nitrogens with zero attached hydrogens (tertiary/aromatic N) is 2. The van der Waals surface area contributed by atoms with Crippen LogP contribution >= 0.6 is 15.9 Å². The number of hydrogen-bond acceptors (Lipinski definition) is 3. The highest BCUT2D eigenvalue weighted by atomic mass is 79.9. The Kier molecular flexibility index (Phi) is 2.69. The van der Waals surface area contributed by atoms with Crippen LogP contribution < -0.4 is 10.2 Å². The van der Waals surface area contributed by atoms with Gasteiger partial charge in [0, 0.05) is 42.8 Å². The van der Waals surface area contributed by atoms with Crippen molar-refractivity contribution in [1.82, 2.24) is 5.32 Å². The molecule has 1 aromatic carbocycles. The minimum atomic E-state index is 0.539. The Bertz CT molecular complexity index is 430. The Labute approximate surface area is 104 Å². The van der Waals surface area contributed by atoms with Crippen molar-refractivity contribution in [2.45, 2.75) is 12.5 Å². The molecule has 2 heterocycles. The summed E-state index contributed by atoms with van der Waals surface area (Å²) >= 11 is 3.64. The van der Waals surface area contributed by atoms with Gasteiger partial charge in [-0.15, -0.1) is 0 Å². The predicted octanol–water partition coefficient (Wildman–Crippen LogP) is 2.33. The summed E-state index contributed by atoms with van der Waals surface area (Å²) in [4.78, 5) is 7.02. The van der Waals surface area contributed by atoms with Crippen LogP contribution in [0, 0.1) is 0 Å². The number of anilines is 1. The summed E-state index contributed by atoms with van der Waals surface area (Å²) in [6.07, 6.45) is 3.07. The number of rotatable bonds is 0. The molecule has 84 valence electrons. The molecule has 3 rings (SSSR count). The van der Waals surface area contributed by atoms with Crippen LogP contribution in [0.4, 0.5) is 11.4 Å². The first-order chi connectivity index (χ1) is 7.86. The van der Waals surface area contributed by atoms with Gasteiger partial charge in [0.05, 0.1) is 11.4 Å². The number of hydrogen-bond donors (Lipinski definition) is 1. The molecule has 1 fully saturated rings. The topological polar surface area (TPSA) is 27.6 Å². The molecule has 1 N–H and O–H groups in total. The molecular weight excluding hydrogens is 266 g/mol. The molecule has 1 aromatic rings. The first-order valence-corrected chi connectivity index (χ1v) is 6.44. The normalized spacial score (nSPS) is 23.6. The lowest BCUT2D eigenvalue weighted by molar-refractivity contribution is 0.488. The van der Waals surface area contributed by atoms with Gasteiger partial charge in [-0.2, -0.15) is 0 Å². The summed E-state index contributed by atoms with van der Waals surface area (Å²) in [5, 5.41) is 3.44. The van der Waals surface area contributed by atoms with E-state index in [0.29, 0.717) is 6.04 Å². The van der Waals surface area contributed by atoms with E-state index in [1.165, 1.54) is 5.69 Å². The second-order valence-corrected chi connectivity index (χ2v) is 5.06. The van der Waals surface area contributed by atoms with Crippen LogP contribution in [0.25, 0.3) is 0 Å². The Morgan fingerprint density at radius 3 is 3.31 bits per heavy atom. The predicted molar refractivity (Wildman–Crippen MR) is 70.9 cm³/mol. The molecule has 0 aromatic heterocycles. The minimum absolute atomic E-state index is 0.539. The van der Waals surface area contributed by atoms with E-state index < -0.39 is 0 Å². The molecule has 0 radical (unpaired) electrons. The van der Waals surface area contributed by atoms with E-state index in [2.05, 4.69) is 43.3 Å². The summed E-state index contributed by atoms with van der Waals surface area (Å²) in [7, 11) is 0. The maximum Gasteiger partial charge on any atom is 0.0870 e. The highest BCUT2D eigenvalue weighted by Crippen LogP contribution is 2.39. The van der Waals surface area contributed by atoms with Gasteiger partial charge < -0.3 is 10.2 Å². The fourth-order valence-corrected chi connectivity index (χ4v) is 3.01. The molecule has 0 spiro atoms. The summed E-state index contributed by atoms with van der Waals surface area (Å²) in [6, 6.07) is 6.76. The largest absolute Gasteiger partial charge is 0.363 e. The van der Waals surface area contributed by atoms with E-state index in [4.69, 9.17) is 0 Å². The number of piperazine rings is 1. The van der Waals surface area contributed by atoms with Crippen LogP contribution in [0.5, 0.6) is 0 Å². The van der Waals surface area contributed by atoms with Crippen LogP contribution in [-0.4, -0.2) is 31.9 Å². The fourth-order valence-electron chi connectivity index (χ4n) is 2.43. The second kappa shape index (κ2) is 4.18. The van der Waals surface area contributed by atoms with Crippen LogP contribution in [0.3, 0.4) is 0 Å². The lowest BCUT2D eigenvalue weighted by Crippen LogP contribution is -2.51. The Balaban J connectivity index is 2.10. The molecule has 16 heavy (non-hydrogen) atoms. The van der Waals surface area contributed by atoms with Gasteiger partial charge in [0.1, 0.15) is 0 Å². The summed E-state index contributed by atoms with van der Waals surface area (Å²) in [5.74, 6) is 0. The van der Waals surface area contributed by atoms with Gasteiger partial charge in [-0.1, -0.05) is 6.07 Å². The standard InChI is InChI=1S/C12H14BrN3/c13-10-2-1-3-11-12(10)16-7-6-14-8-9(16)4-5-15-11/h1-3,5,9,14H,4,6-8H2. The van der Waals surface area contributed by atoms with Crippen molar-refractivity contribution < 1.29 is 0 Å². The second-order valence-electron chi connectivity index (χ2n) is 4.21. The number of nitrogens with one attached hydrogen (secondary N) is 1. The molecule has 4 heteroatoms. The molecule has 1 atom stereocenters. The van der Waals surface area contributed by atoms with Crippen LogP contribution in [0.15, 0.2) is 27.7 Å². The molecule has 1 unspecified atom stereocenters. The Morgan fingerprint density at radius 2 is 2.38 bits per heavy atom. The highest BCUT2D eigenvalue weighted by molar-refractivity contribution is 9.10. The molecule has 2 aliphatic rings. The third kappa shape index (κ3) is 1.66. The van der Waals surface area contributed by atoms with Crippen molar-refractivity contribution in [3.63, 3.8) is 0 Å². The minimum Gasteiger partial charge on any atom is -0.363 e. The first kappa shape index (κ1) is 10.3. The molecule has 0 bridgehead atoms. The first-order valence-electron chi connectivity index (χ1n) is 5.64. The average Bonchev–Trinajstić information content (AvgIpc) is 2.49. The maximum absolute atomic E-state index is 4.55. The van der Waals surface area contributed by atoms with E-state index in [1.807, 2.05) is 12.3 Å². The van der Waals surface area contributed by atoms with Gasteiger partial charge >= 0.3 is 0 Å². The fraction of sp³-hybridized carbons (Fsp3) is 0.417. The summed E-state index contributed by atoms with van der Waals surface area (Å²) < 4.78 is 1.15. The average molecular weight is 280 g/mol. The van der Waals surface area contributed by atoms with Crippen LogP contribution in [-0.2, 0) is 0 Å². The molecule has 0 aliphatic carbocycles. The van der Waals surface area contributed by atoms with E-state index in [-0.39, 0.29) is 0 Å². The number of fused-ring (bicyclic) bond motifs is 3. The lowest BCUT2D eigenvalue weighted by atomic mass is 10.1. The van der Waals surface area contributed by atoms with Crippen LogP contribution in [0.1, 0.15) is 6.42 Å². The zero-order valence-electron chi connectivity index (χ0n) is 8.99. The Hall–Kier alpha value is -0.870. The van der Waals surface area contributed by atoms with Crippen molar-refractivity contribution >= 4 is 33.5 Å². The van der Waals surface area contributed by atoms with Gasteiger partial charge in [0.2, 0.25) is 0 Å². The smallest absolute Gasteiger partial charge is 0.0870 e. The summed E-state index contributed by atoms with van der Waals surface area (Å²) in [5.41, 5.74) is 2.33. The van der Waals surface area contributed by atoms with Crippen LogP contribution in [0.2, 0.25) is 0 Å². The van der Waals surface area contributed by atoms with Crippen molar-refractivity contribution in [2.24, 2.45) is 4.99 Å². The van der Waals surface area contributed by atoms with Crippen molar-refractivity contribution in [1.29, 1.82) is 0 Å². The Morgan fingerprint density at radius 1 is 1.44 bits per heavy atom. The molecule has 1 saturated heterocycles. The van der Waals surface area contributed by atoms with Gasteiger partial charge in [0.15, 0.2) is 0 Å². The quantitative estimate of drug-likeness (QED) is 0.790. The molecule has 0 saturated carbocycles.